The number of carbonyl (C=O) groups excluding carboxylic acids is 1. The van der Waals surface area contributed by atoms with E-state index in [1.165, 1.54) is 0 Å². The number of benzene rings is 2. The first-order chi connectivity index (χ1) is 11.6. The minimum atomic E-state index is -0.103. The van der Waals surface area contributed by atoms with E-state index in [1.807, 2.05) is 60.3 Å². The normalized spacial score (nSPS) is 14.2. The maximum absolute atomic E-state index is 13.4. The third-order valence-corrected chi connectivity index (χ3v) is 5.52. The summed E-state index contributed by atoms with van der Waals surface area (Å²) in [5.41, 5.74) is 1.99. The second kappa shape index (κ2) is 7.41. The standard InChI is InChI=1S/C20H24N2OS/c1-4-5-10-17(21(2)3)20(23)22-15-11-6-8-13-18(15)24-19-14-9-7-12-16(19)22/h6-9,11-14,17H,4-5,10H2,1-3H3/t17-/m0/s1. The van der Waals surface area contributed by atoms with Gasteiger partial charge < -0.3 is 0 Å². The van der Waals surface area contributed by atoms with Gasteiger partial charge in [-0.2, -0.15) is 0 Å². The lowest BCUT2D eigenvalue weighted by molar-refractivity contribution is -0.122. The molecule has 0 bridgehead atoms. The molecule has 1 aliphatic heterocycles. The molecule has 1 aliphatic rings. The average Bonchev–Trinajstić information content (AvgIpc) is 2.59. The molecule has 4 heteroatoms. The van der Waals surface area contributed by atoms with Crippen molar-refractivity contribution < 1.29 is 4.79 Å². The fraction of sp³-hybridized carbons (Fsp3) is 0.350. The predicted octanol–water partition coefficient (Wildman–Crippen LogP) is 4.94. The summed E-state index contributed by atoms with van der Waals surface area (Å²) in [4.78, 5) is 19.7. The zero-order valence-corrected chi connectivity index (χ0v) is 15.3. The summed E-state index contributed by atoms with van der Waals surface area (Å²) in [6, 6.07) is 16.2. The lowest BCUT2D eigenvalue weighted by atomic mass is 10.1. The van der Waals surface area contributed by atoms with Crippen LogP contribution in [0.5, 0.6) is 0 Å². The lowest BCUT2D eigenvalue weighted by Gasteiger charge is -2.35. The smallest absolute Gasteiger partial charge is 0.248 e. The van der Waals surface area contributed by atoms with Crippen LogP contribution in [0.25, 0.3) is 0 Å². The maximum Gasteiger partial charge on any atom is 0.248 e. The molecule has 0 aliphatic carbocycles. The summed E-state index contributed by atoms with van der Waals surface area (Å²) in [7, 11) is 3.99. The third kappa shape index (κ3) is 3.21. The number of hydrogen-bond donors (Lipinski definition) is 0. The molecule has 2 aromatic carbocycles. The number of amides is 1. The second-order valence-corrected chi connectivity index (χ2v) is 7.42. The van der Waals surface area contributed by atoms with E-state index in [0.29, 0.717) is 0 Å². The van der Waals surface area contributed by atoms with Crippen molar-refractivity contribution in [3.05, 3.63) is 48.5 Å². The fourth-order valence-corrected chi connectivity index (χ4v) is 4.15. The number of unbranched alkanes of at least 4 members (excludes halogenated alkanes) is 1. The van der Waals surface area contributed by atoms with Crippen molar-refractivity contribution in [1.82, 2.24) is 4.90 Å². The molecule has 3 nitrogen and oxygen atoms in total. The van der Waals surface area contributed by atoms with Crippen LogP contribution in [0, 0.1) is 0 Å². The second-order valence-electron chi connectivity index (χ2n) is 6.33. The van der Waals surface area contributed by atoms with Gasteiger partial charge in [0.1, 0.15) is 0 Å². The Balaban J connectivity index is 2.04. The molecule has 0 aromatic heterocycles. The first-order valence-electron chi connectivity index (χ1n) is 8.49. The Morgan fingerprint density at radius 1 is 1.04 bits per heavy atom. The van der Waals surface area contributed by atoms with Crippen LogP contribution in [0.4, 0.5) is 11.4 Å². The minimum Gasteiger partial charge on any atom is -0.298 e. The zero-order valence-electron chi connectivity index (χ0n) is 14.5. The Labute approximate surface area is 148 Å². The molecule has 0 spiro atoms. The van der Waals surface area contributed by atoms with Gasteiger partial charge in [0.25, 0.3) is 0 Å². The van der Waals surface area contributed by atoms with Crippen LogP contribution in [0.2, 0.25) is 0 Å². The lowest BCUT2D eigenvalue weighted by Crippen LogP contribution is -2.45. The van der Waals surface area contributed by atoms with E-state index in [9.17, 15) is 4.79 Å². The predicted molar refractivity (Wildman–Crippen MR) is 101 cm³/mol. The summed E-state index contributed by atoms with van der Waals surface area (Å²) < 4.78 is 0. The summed E-state index contributed by atoms with van der Waals surface area (Å²) >= 11 is 1.73. The van der Waals surface area contributed by atoms with Crippen molar-refractivity contribution in [3.63, 3.8) is 0 Å². The first-order valence-corrected chi connectivity index (χ1v) is 9.31. The monoisotopic (exact) mass is 340 g/mol. The molecule has 0 unspecified atom stereocenters. The number of rotatable bonds is 5. The molecule has 2 aromatic rings. The van der Waals surface area contributed by atoms with Crippen molar-refractivity contribution in [3.8, 4) is 0 Å². The van der Waals surface area contributed by atoms with Crippen molar-refractivity contribution in [1.29, 1.82) is 0 Å². The number of likely N-dealkylation sites (N-methyl/N-ethyl adjacent to an activating group) is 1. The third-order valence-electron chi connectivity index (χ3n) is 4.39. The number of carbonyl (C=O) groups is 1. The van der Waals surface area contributed by atoms with E-state index >= 15 is 0 Å². The molecule has 0 radical (unpaired) electrons. The van der Waals surface area contributed by atoms with E-state index in [4.69, 9.17) is 0 Å². The highest BCUT2D eigenvalue weighted by molar-refractivity contribution is 7.99. The van der Waals surface area contributed by atoms with Gasteiger partial charge >= 0.3 is 0 Å². The van der Waals surface area contributed by atoms with Crippen molar-refractivity contribution >= 4 is 29.0 Å². The van der Waals surface area contributed by atoms with Gasteiger partial charge in [-0.1, -0.05) is 55.8 Å². The molecule has 0 saturated heterocycles. The van der Waals surface area contributed by atoms with Crippen LogP contribution >= 0.6 is 11.8 Å². The molecular weight excluding hydrogens is 316 g/mol. The fourth-order valence-electron chi connectivity index (χ4n) is 3.09. The Morgan fingerprint density at radius 2 is 1.58 bits per heavy atom. The zero-order chi connectivity index (χ0) is 17.1. The number of nitrogens with zero attached hydrogens (tertiary/aromatic N) is 2. The van der Waals surface area contributed by atoms with Crippen molar-refractivity contribution in [2.45, 2.75) is 42.0 Å². The molecular formula is C20H24N2OS. The van der Waals surface area contributed by atoms with Gasteiger partial charge in [0.05, 0.1) is 17.4 Å². The Morgan fingerprint density at radius 3 is 2.08 bits per heavy atom. The van der Waals surface area contributed by atoms with Crippen molar-refractivity contribution in [2.24, 2.45) is 0 Å². The molecule has 0 N–H and O–H groups in total. The highest BCUT2D eigenvalue weighted by atomic mass is 32.2. The number of anilines is 2. The van der Waals surface area contributed by atoms with Gasteiger partial charge in [-0.05, 0) is 44.8 Å². The van der Waals surface area contributed by atoms with Gasteiger partial charge in [-0.15, -0.1) is 0 Å². The van der Waals surface area contributed by atoms with Crippen LogP contribution in [0.15, 0.2) is 58.3 Å². The minimum absolute atomic E-state index is 0.103. The SMILES string of the molecule is CCCC[C@@H](C(=O)N1c2ccccc2Sc2ccccc21)N(C)C. The van der Waals surface area contributed by atoms with E-state index in [2.05, 4.69) is 19.1 Å². The summed E-state index contributed by atoms with van der Waals surface area (Å²) in [6.07, 6.45) is 3.04. The van der Waals surface area contributed by atoms with E-state index < -0.39 is 0 Å². The maximum atomic E-state index is 13.4. The van der Waals surface area contributed by atoms with E-state index in [0.717, 1.165) is 40.4 Å². The number of para-hydroxylation sites is 2. The van der Waals surface area contributed by atoms with Gasteiger partial charge in [0, 0.05) is 9.79 Å². The molecule has 1 amide bonds. The van der Waals surface area contributed by atoms with E-state index in [-0.39, 0.29) is 11.9 Å². The average molecular weight is 340 g/mol. The van der Waals surface area contributed by atoms with Crippen molar-refractivity contribution in [2.75, 3.05) is 19.0 Å². The topological polar surface area (TPSA) is 23.6 Å². The highest BCUT2D eigenvalue weighted by Crippen LogP contribution is 2.48. The molecule has 1 heterocycles. The molecule has 0 saturated carbocycles. The molecule has 24 heavy (non-hydrogen) atoms. The molecule has 126 valence electrons. The van der Waals surface area contributed by atoms with Crippen LogP contribution in [-0.4, -0.2) is 30.9 Å². The Kier molecular flexibility index (Phi) is 5.27. The first kappa shape index (κ1) is 17.1. The van der Waals surface area contributed by atoms with E-state index in [1.54, 1.807) is 11.8 Å². The molecule has 0 fully saturated rings. The van der Waals surface area contributed by atoms with Crippen LogP contribution in [0.3, 0.4) is 0 Å². The quantitative estimate of drug-likeness (QED) is 0.770. The van der Waals surface area contributed by atoms with Gasteiger partial charge in [0.15, 0.2) is 0 Å². The highest BCUT2D eigenvalue weighted by Gasteiger charge is 2.33. The summed E-state index contributed by atoms with van der Waals surface area (Å²) in [5.74, 6) is 0.161. The Hall–Kier alpha value is -1.78. The Bertz CT molecular complexity index is 684. The summed E-state index contributed by atoms with van der Waals surface area (Å²) in [6.45, 7) is 2.17. The number of fused-ring (bicyclic) bond motifs is 2. The van der Waals surface area contributed by atoms with Crippen LogP contribution < -0.4 is 4.90 Å². The molecule has 3 rings (SSSR count). The van der Waals surface area contributed by atoms with Crippen LogP contribution in [0.1, 0.15) is 26.2 Å². The number of hydrogen-bond acceptors (Lipinski definition) is 3. The van der Waals surface area contributed by atoms with Crippen LogP contribution in [-0.2, 0) is 4.79 Å². The largest absolute Gasteiger partial charge is 0.298 e. The summed E-state index contributed by atoms with van der Waals surface area (Å²) in [5, 5.41) is 0. The molecule has 1 atom stereocenters. The van der Waals surface area contributed by atoms with Gasteiger partial charge in [0.2, 0.25) is 5.91 Å². The van der Waals surface area contributed by atoms with Gasteiger partial charge in [-0.3, -0.25) is 14.6 Å². The van der Waals surface area contributed by atoms with Gasteiger partial charge in [-0.25, -0.2) is 0 Å².